The summed E-state index contributed by atoms with van der Waals surface area (Å²) in [5.74, 6) is -1.01. The molecule has 1 saturated heterocycles. The van der Waals surface area contributed by atoms with E-state index in [1.54, 1.807) is 6.92 Å². The predicted molar refractivity (Wildman–Crippen MR) is 121 cm³/mol. The van der Waals surface area contributed by atoms with E-state index in [-0.39, 0.29) is 41.8 Å². The topological polar surface area (TPSA) is 77.8 Å². The summed E-state index contributed by atoms with van der Waals surface area (Å²) in [5.41, 5.74) is -5.01. The highest BCUT2D eigenvalue weighted by Crippen LogP contribution is 2.74. The normalized spacial score (nSPS) is 52.0. The van der Waals surface area contributed by atoms with Crippen LogP contribution in [0.3, 0.4) is 0 Å². The molecule has 0 amide bonds. The highest BCUT2D eigenvalue weighted by Gasteiger charge is 2.78. The molecule has 186 valence electrons. The summed E-state index contributed by atoms with van der Waals surface area (Å²) in [6.45, 7) is 5.21. The maximum absolute atomic E-state index is 17.3. The smallest absolute Gasteiger partial charge is 0.178 e. The van der Waals surface area contributed by atoms with Gasteiger partial charge in [0, 0.05) is 31.0 Å². The first-order valence-electron chi connectivity index (χ1n) is 12.8. The second-order valence-electron chi connectivity index (χ2n) is 12.5. The Labute approximate surface area is 199 Å². The third kappa shape index (κ3) is 2.59. The van der Waals surface area contributed by atoms with Crippen LogP contribution in [0.1, 0.15) is 46.0 Å². The average molecular weight is 476 g/mol. The van der Waals surface area contributed by atoms with Crippen molar-refractivity contribution in [3.8, 4) is 0 Å². The van der Waals surface area contributed by atoms with Crippen molar-refractivity contribution in [2.24, 2.45) is 39.9 Å². The van der Waals surface area contributed by atoms with Gasteiger partial charge in [0.1, 0.15) is 12.8 Å². The summed E-state index contributed by atoms with van der Waals surface area (Å²) in [6, 6.07) is 0. The number of aliphatic hydroxyl groups excluding tert-OH is 2. The molecule has 9 atom stereocenters. The third-order valence-corrected chi connectivity index (χ3v) is 11.1. The van der Waals surface area contributed by atoms with E-state index >= 15 is 8.78 Å². The highest BCUT2D eigenvalue weighted by atomic mass is 19.1. The molecule has 5 fully saturated rings. The summed E-state index contributed by atoms with van der Waals surface area (Å²) < 4.78 is 32.9. The van der Waals surface area contributed by atoms with Crippen molar-refractivity contribution in [1.82, 2.24) is 4.90 Å². The van der Waals surface area contributed by atoms with Gasteiger partial charge in [-0.2, -0.15) is 0 Å². The molecule has 0 aromatic carbocycles. The zero-order valence-electron chi connectivity index (χ0n) is 20.0. The minimum absolute atomic E-state index is 0.0401. The van der Waals surface area contributed by atoms with Gasteiger partial charge in [-0.15, -0.1) is 0 Å². The number of halogens is 2. The molecular formula is C27H35F2NO4. The minimum Gasteiger partial charge on any atom is -0.390 e. The number of aliphatic hydroxyl groups is 2. The maximum atomic E-state index is 17.3. The van der Waals surface area contributed by atoms with Gasteiger partial charge in [-0.1, -0.05) is 13.0 Å². The van der Waals surface area contributed by atoms with Crippen LogP contribution in [0.15, 0.2) is 23.8 Å². The van der Waals surface area contributed by atoms with Crippen LogP contribution >= 0.6 is 0 Å². The van der Waals surface area contributed by atoms with E-state index in [0.29, 0.717) is 18.9 Å². The Morgan fingerprint density at radius 1 is 1.24 bits per heavy atom. The Balaban J connectivity index is 1.43. The number of fused-ring (bicyclic) bond motifs is 7. The molecule has 5 nitrogen and oxygen atoms in total. The van der Waals surface area contributed by atoms with E-state index in [4.69, 9.17) is 0 Å². The first-order chi connectivity index (χ1) is 16.0. The van der Waals surface area contributed by atoms with Gasteiger partial charge < -0.3 is 15.1 Å². The van der Waals surface area contributed by atoms with Gasteiger partial charge in [-0.3, -0.25) is 9.59 Å². The Morgan fingerprint density at radius 2 is 1.97 bits per heavy atom. The number of rotatable bonds is 4. The van der Waals surface area contributed by atoms with Crippen LogP contribution in [-0.4, -0.2) is 70.9 Å². The van der Waals surface area contributed by atoms with E-state index in [9.17, 15) is 19.8 Å². The van der Waals surface area contributed by atoms with Crippen LogP contribution in [0.4, 0.5) is 8.78 Å². The van der Waals surface area contributed by atoms with Gasteiger partial charge in [0.2, 0.25) is 0 Å². The highest BCUT2D eigenvalue weighted by molar-refractivity contribution is 6.01. The van der Waals surface area contributed by atoms with Crippen LogP contribution < -0.4 is 0 Å². The Kier molecular flexibility index (Phi) is 4.78. The van der Waals surface area contributed by atoms with E-state index < -0.39 is 46.7 Å². The Bertz CT molecular complexity index is 1010. The van der Waals surface area contributed by atoms with E-state index in [1.807, 2.05) is 6.92 Å². The molecule has 34 heavy (non-hydrogen) atoms. The first kappa shape index (κ1) is 23.0. The molecule has 1 heterocycles. The van der Waals surface area contributed by atoms with Crippen molar-refractivity contribution in [1.29, 1.82) is 0 Å². The number of alkyl halides is 2. The number of carbonyl (C=O) groups excluding carboxylic acids is 2. The van der Waals surface area contributed by atoms with Gasteiger partial charge in [0.25, 0.3) is 0 Å². The number of Topliss-reactive ketones (excluding diaryl/α,β-unsaturated/α-hetero) is 1. The molecule has 0 radical (unpaired) electrons. The average Bonchev–Trinajstić information content (AvgIpc) is 3.47. The Morgan fingerprint density at radius 3 is 2.65 bits per heavy atom. The molecule has 1 aliphatic heterocycles. The lowest BCUT2D eigenvalue weighted by molar-refractivity contribution is -0.212. The molecule has 0 bridgehead atoms. The number of hydrogen-bond donors (Lipinski definition) is 2. The van der Waals surface area contributed by atoms with Gasteiger partial charge in [-0.05, 0) is 79.9 Å². The Hall–Kier alpha value is -1.44. The van der Waals surface area contributed by atoms with Crippen molar-refractivity contribution in [2.45, 2.75) is 63.9 Å². The summed E-state index contributed by atoms with van der Waals surface area (Å²) in [5, 5.41) is 21.5. The van der Waals surface area contributed by atoms with Crippen molar-refractivity contribution >= 4 is 11.6 Å². The molecule has 0 unspecified atom stereocenters. The molecule has 7 heteroatoms. The molecule has 0 aromatic rings. The largest absolute Gasteiger partial charge is 0.390 e. The first-order valence-corrected chi connectivity index (χ1v) is 12.8. The fourth-order valence-electron chi connectivity index (χ4n) is 9.32. The second kappa shape index (κ2) is 7.07. The van der Waals surface area contributed by atoms with Crippen LogP contribution in [0.5, 0.6) is 0 Å². The van der Waals surface area contributed by atoms with E-state index in [2.05, 4.69) is 4.90 Å². The number of nitrogens with zero attached hydrogens (tertiary/aromatic N) is 1. The zero-order valence-corrected chi connectivity index (χ0v) is 20.0. The molecule has 5 aliphatic carbocycles. The monoisotopic (exact) mass is 475 g/mol. The molecule has 0 spiro atoms. The molecule has 6 aliphatic rings. The summed E-state index contributed by atoms with van der Waals surface area (Å²) in [7, 11) is 0. The van der Waals surface area contributed by atoms with Crippen molar-refractivity contribution < 1.29 is 28.6 Å². The van der Waals surface area contributed by atoms with Crippen LogP contribution in [-0.2, 0) is 9.59 Å². The zero-order chi connectivity index (χ0) is 24.3. The molecule has 6 rings (SSSR count). The fraction of sp³-hybridized carbons (Fsp3) is 0.778. The van der Waals surface area contributed by atoms with Crippen molar-refractivity contribution in [3.63, 3.8) is 0 Å². The number of hydrogen-bond acceptors (Lipinski definition) is 5. The van der Waals surface area contributed by atoms with Crippen molar-refractivity contribution in [2.75, 3.05) is 26.2 Å². The predicted octanol–water partition coefficient (Wildman–Crippen LogP) is 2.80. The molecule has 4 saturated carbocycles. The quantitative estimate of drug-likeness (QED) is 0.654. The van der Waals surface area contributed by atoms with Crippen LogP contribution in [0.25, 0.3) is 0 Å². The van der Waals surface area contributed by atoms with Crippen LogP contribution in [0.2, 0.25) is 0 Å². The number of carbonyl (C=O) groups is 2. The van der Waals surface area contributed by atoms with E-state index in [1.165, 1.54) is 31.1 Å². The lowest BCUT2D eigenvalue weighted by atomic mass is 9.43. The summed E-state index contributed by atoms with van der Waals surface area (Å²) in [4.78, 5) is 27.8. The summed E-state index contributed by atoms with van der Waals surface area (Å²) in [6.07, 6.45) is 4.06. The SMILES string of the molecule is C[C@]12C=CC(=O)C=C1[C@@H](F)C[C@H]1[C@@H]3C[C@H]4CN(CC5CC5)C[C@@]4(C(=O)CO)[C@@]3(C)C[C@H](O)[C@@]12F. The number of allylic oxidation sites excluding steroid dienone is 4. The van der Waals surface area contributed by atoms with Gasteiger partial charge in [-0.25, -0.2) is 8.78 Å². The molecular weight excluding hydrogens is 440 g/mol. The fourth-order valence-corrected chi connectivity index (χ4v) is 9.32. The van der Waals surface area contributed by atoms with E-state index in [0.717, 1.165) is 13.1 Å². The molecule has 0 aromatic heterocycles. The van der Waals surface area contributed by atoms with Crippen LogP contribution in [0, 0.1) is 39.9 Å². The summed E-state index contributed by atoms with van der Waals surface area (Å²) >= 11 is 0. The second-order valence-corrected chi connectivity index (χ2v) is 12.5. The number of likely N-dealkylation sites (tertiary alicyclic amines) is 1. The van der Waals surface area contributed by atoms with Crippen molar-refractivity contribution in [3.05, 3.63) is 23.8 Å². The third-order valence-electron chi connectivity index (χ3n) is 11.1. The molecule has 2 N–H and O–H groups in total. The number of ketones is 2. The minimum atomic E-state index is -2.13. The standard InChI is InChI=1S/C27H35F2NO4/c1-24-6-5-17(32)8-20(24)21(28)9-19-18-7-16-12-30(11-15-3-4-15)14-26(16,23(34)13-31)25(18,2)10-22(33)27(19,24)29/h5-6,8,15-16,18-19,21-22,31,33H,3-4,7,9-14H2,1-2H3/t16-,18-,19-,21-,22-,24-,25-,26+,27-/m0/s1. The van der Waals surface area contributed by atoms with Gasteiger partial charge in [0.15, 0.2) is 17.2 Å². The maximum Gasteiger partial charge on any atom is 0.178 e. The van der Waals surface area contributed by atoms with Gasteiger partial charge >= 0.3 is 0 Å². The lowest BCUT2D eigenvalue weighted by Gasteiger charge is -2.63. The van der Waals surface area contributed by atoms with Gasteiger partial charge in [0.05, 0.1) is 11.5 Å². The lowest BCUT2D eigenvalue weighted by Crippen LogP contribution is -2.69.